The molecule has 0 aromatic carbocycles. The van der Waals surface area contributed by atoms with Crippen LogP contribution >= 0.6 is 15.6 Å². The highest BCUT2D eigenvalue weighted by Gasteiger charge is 2.30. The Balaban J connectivity index is 5.27. The zero-order valence-corrected chi connectivity index (χ0v) is 66.8. The second-order valence-electron chi connectivity index (χ2n) is 30.0. The largest absolute Gasteiger partial charge is 0.472 e. The summed E-state index contributed by atoms with van der Waals surface area (Å²) >= 11 is 0. The Hall–Kier alpha value is -1.94. The molecule has 0 aliphatic heterocycles. The standard InChI is InChI=1S/C80H156O17P2/c1-8-10-11-12-13-14-15-16-22-28-33-42-49-56-63-79(84)97-76(68-91-78(83)62-55-48-41-36-35-39-46-53-60-73(7)9-2)70-95-99(88,89)93-66-74(81)65-92-98(86,87)94-69-75(67-90-77(82)61-54-47-40-32-27-24-19-21-26-31-38-45-52-59-72(5)6)96-80(85)64-57-50-43-34-29-23-18-17-20-25-30-37-44-51-58-71(3)4/h71-76,81H,8-70H2,1-7H3,(H,86,87)(H,88,89)/t73?,74-,75-,76-/m1/s1. The molecule has 0 rings (SSSR count). The second-order valence-corrected chi connectivity index (χ2v) is 32.9. The van der Waals surface area contributed by atoms with Crippen LogP contribution in [0.4, 0.5) is 0 Å². The molecule has 0 heterocycles. The van der Waals surface area contributed by atoms with Crippen LogP contribution in [0.5, 0.6) is 0 Å². The molecular formula is C80H156O17P2. The first-order valence-corrected chi connectivity index (χ1v) is 44.4. The van der Waals surface area contributed by atoms with Crippen LogP contribution in [0.25, 0.3) is 0 Å². The number of aliphatic hydroxyl groups excluding tert-OH is 1. The van der Waals surface area contributed by atoms with E-state index in [9.17, 15) is 43.2 Å². The maximum atomic E-state index is 13.1. The van der Waals surface area contributed by atoms with Crippen LogP contribution in [-0.2, 0) is 65.4 Å². The Bertz CT molecular complexity index is 1920. The third-order valence-corrected chi connectivity index (χ3v) is 20.9. The maximum absolute atomic E-state index is 13.1. The number of rotatable bonds is 78. The van der Waals surface area contributed by atoms with Crippen LogP contribution in [0.3, 0.4) is 0 Å². The lowest BCUT2D eigenvalue weighted by Gasteiger charge is -2.21. The smallest absolute Gasteiger partial charge is 0.462 e. The van der Waals surface area contributed by atoms with Gasteiger partial charge >= 0.3 is 39.5 Å². The third kappa shape index (κ3) is 72.8. The van der Waals surface area contributed by atoms with Crippen molar-refractivity contribution in [1.82, 2.24) is 0 Å². The molecule has 0 radical (unpaired) electrons. The van der Waals surface area contributed by atoms with Crippen molar-refractivity contribution in [3.8, 4) is 0 Å². The van der Waals surface area contributed by atoms with Crippen LogP contribution in [0.1, 0.15) is 414 Å². The topological polar surface area (TPSA) is 237 Å². The van der Waals surface area contributed by atoms with Gasteiger partial charge in [0.15, 0.2) is 12.2 Å². The molecule has 0 saturated heterocycles. The van der Waals surface area contributed by atoms with Crippen LogP contribution in [0.15, 0.2) is 0 Å². The SMILES string of the molecule is CCCCCCCCCCCCCCCCC(=O)O[C@H](COC(=O)CCCCCCCCCCC(C)CC)COP(=O)(O)OC[C@H](O)COP(=O)(O)OC[C@@H](COC(=O)CCCCCCCCCCCCCCCC(C)C)OC(=O)CCCCCCCCCCCCCCCCC(C)C. The molecule has 0 aromatic rings. The Morgan fingerprint density at radius 1 is 0.293 bits per heavy atom. The van der Waals surface area contributed by atoms with E-state index in [2.05, 4.69) is 48.5 Å². The highest BCUT2D eigenvalue weighted by Crippen LogP contribution is 2.45. The van der Waals surface area contributed by atoms with Gasteiger partial charge in [0.05, 0.1) is 26.4 Å². The molecule has 588 valence electrons. The number of phosphoric acid groups is 2. The normalized spacial score (nSPS) is 14.3. The van der Waals surface area contributed by atoms with Gasteiger partial charge in [-0.15, -0.1) is 0 Å². The Morgan fingerprint density at radius 2 is 0.515 bits per heavy atom. The average Bonchev–Trinajstić information content (AvgIpc) is 1.25. The van der Waals surface area contributed by atoms with E-state index in [0.29, 0.717) is 25.7 Å². The Labute approximate surface area is 607 Å². The van der Waals surface area contributed by atoms with Crippen molar-refractivity contribution in [2.24, 2.45) is 17.8 Å². The molecule has 3 N–H and O–H groups in total. The Morgan fingerprint density at radius 3 is 0.768 bits per heavy atom. The average molecular weight is 1450 g/mol. The van der Waals surface area contributed by atoms with Gasteiger partial charge in [0.2, 0.25) is 0 Å². The molecule has 0 spiro atoms. The van der Waals surface area contributed by atoms with Gasteiger partial charge < -0.3 is 33.8 Å². The van der Waals surface area contributed by atoms with E-state index >= 15 is 0 Å². The lowest BCUT2D eigenvalue weighted by atomic mass is 9.99. The molecule has 0 aliphatic rings. The first-order valence-electron chi connectivity index (χ1n) is 41.4. The lowest BCUT2D eigenvalue weighted by Crippen LogP contribution is -2.30. The number of phosphoric ester groups is 2. The van der Waals surface area contributed by atoms with E-state index in [0.717, 1.165) is 108 Å². The van der Waals surface area contributed by atoms with Crippen LogP contribution in [0, 0.1) is 17.8 Å². The van der Waals surface area contributed by atoms with Crippen LogP contribution in [-0.4, -0.2) is 96.7 Å². The van der Waals surface area contributed by atoms with Gasteiger partial charge in [0.25, 0.3) is 0 Å². The molecule has 0 fully saturated rings. The van der Waals surface area contributed by atoms with Gasteiger partial charge in [-0.3, -0.25) is 37.3 Å². The van der Waals surface area contributed by atoms with E-state index in [-0.39, 0.29) is 25.7 Å². The van der Waals surface area contributed by atoms with Gasteiger partial charge in [-0.2, -0.15) is 0 Å². The van der Waals surface area contributed by atoms with Crippen molar-refractivity contribution in [3.05, 3.63) is 0 Å². The van der Waals surface area contributed by atoms with E-state index in [4.69, 9.17) is 37.0 Å². The monoisotopic (exact) mass is 1450 g/mol. The van der Waals surface area contributed by atoms with Crippen molar-refractivity contribution in [2.45, 2.75) is 433 Å². The minimum Gasteiger partial charge on any atom is -0.462 e. The Kier molecular flexibility index (Phi) is 69.0. The van der Waals surface area contributed by atoms with Gasteiger partial charge in [-0.05, 0) is 43.4 Å². The molecule has 0 bridgehead atoms. The molecule has 0 aliphatic carbocycles. The predicted octanol–water partition coefficient (Wildman–Crippen LogP) is 23.7. The number of carbonyl (C=O) groups excluding carboxylic acids is 4. The lowest BCUT2D eigenvalue weighted by molar-refractivity contribution is -0.161. The number of hydrogen-bond donors (Lipinski definition) is 3. The summed E-state index contributed by atoms with van der Waals surface area (Å²) in [6.45, 7) is 12.0. The number of unbranched alkanes of at least 4 members (excludes halogenated alkanes) is 45. The van der Waals surface area contributed by atoms with Gasteiger partial charge in [-0.1, -0.05) is 363 Å². The fourth-order valence-electron chi connectivity index (χ4n) is 12.3. The fraction of sp³-hybridized carbons (Fsp3) is 0.950. The van der Waals surface area contributed by atoms with E-state index < -0.39 is 97.5 Å². The third-order valence-electron chi connectivity index (χ3n) is 19.0. The van der Waals surface area contributed by atoms with E-state index in [1.807, 2.05) is 0 Å². The minimum atomic E-state index is -4.96. The minimum absolute atomic E-state index is 0.107. The zero-order valence-electron chi connectivity index (χ0n) is 65.0. The van der Waals surface area contributed by atoms with Crippen molar-refractivity contribution < 1.29 is 80.2 Å². The van der Waals surface area contributed by atoms with E-state index in [1.54, 1.807) is 0 Å². The first kappa shape index (κ1) is 97.1. The van der Waals surface area contributed by atoms with E-state index in [1.165, 1.54) is 225 Å². The maximum Gasteiger partial charge on any atom is 0.472 e. The highest BCUT2D eigenvalue weighted by atomic mass is 31.2. The van der Waals surface area contributed by atoms with Crippen molar-refractivity contribution in [1.29, 1.82) is 0 Å². The number of carbonyl (C=O) groups is 4. The summed E-state index contributed by atoms with van der Waals surface area (Å²) < 4.78 is 68.7. The fourth-order valence-corrected chi connectivity index (χ4v) is 13.9. The number of hydrogen-bond acceptors (Lipinski definition) is 15. The van der Waals surface area contributed by atoms with Crippen LogP contribution in [0.2, 0.25) is 0 Å². The summed E-state index contributed by atoms with van der Waals surface area (Å²) in [6.07, 6.45) is 58.1. The summed E-state index contributed by atoms with van der Waals surface area (Å²) in [4.78, 5) is 73.0. The molecule has 17 nitrogen and oxygen atoms in total. The summed E-state index contributed by atoms with van der Waals surface area (Å²) in [7, 11) is -9.92. The van der Waals surface area contributed by atoms with Crippen molar-refractivity contribution in [3.63, 3.8) is 0 Å². The zero-order chi connectivity index (χ0) is 73.0. The van der Waals surface area contributed by atoms with Gasteiger partial charge in [0.1, 0.15) is 19.3 Å². The molecule has 3 unspecified atom stereocenters. The summed E-state index contributed by atoms with van der Waals surface area (Å²) in [5, 5.41) is 10.6. The summed E-state index contributed by atoms with van der Waals surface area (Å²) in [5.74, 6) is 0.254. The molecule has 99 heavy (non-hydrogen) atoms. The summed E-state index contributed by atoms with van der Waals surface area (Å²) in [5.41, 5.74) is 0. The van der Waals surface area contributed by atoms with Crippen LogP contribution < -0.4 is 0 Å². The first-order chi connectivity index (χ1) is 47.8. The molecule has 0 aromatic heterocycles. The highest BCUT2D eigenvalue weighted by molar-refractivity contribution is 7.47. The molecular weight excluding hydrogens is 1290 g/mol. The van der Waals surface area contributed by atoms with Gasteiger partial charge in [-0.25, -0.2) is 9.13 Å². The molecule has 0 saturated carbocycles. The molecule has 6 atom stereocenters. The molecule has 0 amide bonds. The summed E-state index contributed by atoms with van der Waals surface area (Å²) in [6, 6.07) is 0. The van der Waals surface area contributed by atoms with Gasteiger partial charge in [0, 0.05) is 25.7 Å². The van der Waals surface area contributed by atoms with Crippen molar-refractivity contribution >= 4 is 39.5 Å². The predicted molar refractivity (Wildman–Crippen MR) is 405 cm³/mol. The number of esters is 4. The number of aliphatic hydroxyl groups is 1. The second kappa shape index (κ2) is 70.4. The quantitative estimate of drug-likeness (QED) is 0.0222. The van der Waals surface area contributed by atoms with Crippen molar-refractivity contribution in [2.75, 3.05) is 39.6 Å². The molecule has 19 heteroatoms. The number of ether oxygens (including phenoxy) is 4.